The Morgan fingerprint density at radius 3 is 2.40 bits per heavy atom. The van der Waals surface area contributed by atoms with Gasteiger partial charge >= 0.3 is 0 Å². The monoisotopic (exact) mass is 344 g/mol. The van der Waals surface area contributed by atoms with Crippen molar-refractivity contribution in [2.75, 3.05) is 13.7 Å². The van der Waals surface area contributed by atoms with Gasteiger partial charge < -0.3 is 15.4 Å². The van der Waals surface area contributed by atoms with E-state index in [4.69, 9.17) is 4.74 Å². The summed E-state index contributed by atoms with van der Waals surface area (Å²) < 4.78 is 5.66. The number of methoxy groups -OCH3 is 1. The molecular weight excluding hydrogens is 312 g/mol. The summed E-state index contributed by atoms with van der Waals surface area (Å²) >= 11 is 0. The number of nitrogens with one attached hydrogen (secondary N) is 2. The van der Waals surface area contributed by atoms with Crippen LogP contribution in [0.4, 0.5) is 0 Å². The lowest BCUT2D eigenvalue weighted by molar-refractivity contribution is -0.119. The fourth-order valence-corrected chi connectivity index (χ4v) is 4.74. The molecule has 0 saturated heterocycles. The summed E-state index contributed by atoms with van der Waals surface area (Å²) in [4.78, 5) is 11.2. The molecule has 0 atom stereocenters. The number of benzene rings is 1. The highest BCUT2D eigenvalue weighted by Crippen LogP contribution is 2.44. The van der Waals surface area contributed by atoms with Crippen molar-refractivity contribution in [3.05, 3.63) is 29.8 Å². The van der Waals surface area contributed by atoms with Gasteiger partial charge in [-0.25, -0.2) is 0 Å². The summed E-state index contributed by atoms with van der Waals surface area (Å²) in [5.41, 5.74) is 1.58. The number of hydrogen-bond acceptors (Lipinski definition) is 3. The van der Waals surface area contributed by atoms with Gasteiger partial charge in [-0.1, -0.05) is 31.0 Å². The largest absolute Gasteiger partial charge is 0.496 e. The molecule has 0 unspecified atom stereocenters. The number of carbonyl (C=O) groups excluding carboxylic acids is 1. The Kier molecular flexibility index (Phi) is 6.00. The number of ether oxygens (including phenoxy) is 1. The van der Waals surface area contributed by atoms with Crippen LogP contribution in [0, 0.1) is 0 Å². The van der Waals surface area contributed by atoms with Crippen LogP contribution in [0.3, 0.4) is 0 Å². The van der Waals surface area contributed by atoms with Crippen molar-refractivity contribution in [3.63, 3.8) is 0 Å². The molecule has 2 fully saturated rings. The minimum atomic E-state index is 0.0949. The van der Waals surface area contributed by atoms with Gasteiger partial charge in [-0.15, -0.1) is 0 Å². The van der Waals surface area contributed by atoms with E-state index in [1.54, 1.807) is 14.0 Å². The second-order valence-electron chi connectivity index (χ2n) is 7.82. The predicted octanol–water partition coefficient (Wildman–Crippen LogP) is 3.54. The van der Waals surface area contributed by atoms with E-state index in [0.29, 0.717) is 12.1 Å². The van der Waals surface area contributed by atoms with E-state index in [-0.39, 0.29) is 11.3 Å². The van der Waals surface area contributed by atoms with Gasteiger partial charge in [0.25, 0.3) is 0 Å². The van der Waals surface area contributed by atoms with Crippen LogP contribution < -0.4 is 15.4 Å². The normalized spacial score (nSPS) is 25.5. The van der Waals surface area contributed by atoms with Gasteiger partial charge in [-0.05, 0) is 44.6 Å². The highest BCUT2D eigenvalue weighted by Gasteiger charge is 2.38. The zero-order valence-electron chi connectivity index (χ0n) is 15.6. The average molecular weight is 344 g/mol. The number of para-hydroxylation sites is 1. The average Bonchev–Trinajstić information content (AvgIpc) is 3.11. The van der Waals surface area contributed by atoms with Crippen molar-refractivity contribution < 1.29 is 9.53 Å². The molecule has 2 aliphatic carbocycles. The molecule has 0 bridgehead atoms. The molecule has 1 aromatic rings. The summed E-state index contributed by atoms with van der Waals surface area (Å²) in [6.45, 7) is 2.64. The molecule has 0 heterocycles. The maximum absolute atomic E-state index is 11.2. The van der Waals surface area contributed by atoms with Crippen LogP contribution in [0.15, 0.2) is 24.3 Å². The highest BCUT2D eigenvalue weighted by molar-refractivity contribution is 5.73. The van der Waals surface area contributed by atoms with E-state index in [1.807, 2.05) is 0 Å². The summed E-state index contributed by atoms with van der Waals surface area (Å²) in [5.74, 6) is 1.12. The quantitative estimate of drug-likeness (QED) is 0.830. The lowest BCUT2D eigenvalue weighted by atomic mass is 9.77. The molecule has 2 saturated carbocycles. The van der Waals surface area contributed by atoms with E-state index in [2.05, 4.69) is 34.9 Å². The molecule has 138 valence electrons. The number of rotatable bonds is 6. The van der Waals surface area contributed by atoms with Crippen LogP contribution in [0.2, 0.25) is 0 Å². The third-order valence-electron chi connectivity index (χ3n) is 6.10. The zero-order valence-corrected chi connectivity index (χ0v) is 15.6. The van der Waals surface area contributed by atoms with Crippen LogP contribution in [-0.2, 0) is 10.2 Å². The molecule has 3 rings (SSSR count). The van der Waals surface area contributed by atoms with Gasteiger partial charge in [0.05, 0.1) is 7.11 Å². The molecule has 1 amide bonds. The van der Waals surface area contributed by atoms with Crippen LogP contribution >= 0.6 is 0 Å². The topological polar surface area (TPSA) is 50.4 Å². The molecule has 1 aromatic carbocycles. The second-order valence-corrected chi connectivity index (χ2v) is 7.82. The summed E-state index contributed by atoms with van der Waals surface area (Å²) in [6, 6.07) is 9.47. The van der Waals surface area contributed by atoms with Crippen LogP contribution in [0.1, 0.15) is 63.9 Å². The van der Waals surface area contributed by atoms with Crippen molar-refractivity contribution in [3.8, 4) is 5.75 Å². The molecule has 4 nitrogen and oxygen atoms in total. The van der Waals surface area contributed by atoms with E-state index in [0.717, 1.165) is 38.0 Å². The standard InChI is InChI=1S/C21H32N2O2/c1-16(24)23-18-11-9-17(10-12-18)22-15-21(13-5-6-14-21)19-7-3-4-8-20(19)25-2/h3-4,7-8,17-18,22H,5-6,9-15H2,1-2H3,(H,23,24). The van der Waals surface area contributed by atoms with Gasteiger partial charge in [-0.3, -0.25) is 4.79 Å². The Morgan fingerprint density at radius 2 is 1.76 bits per heavy atom. The molecule has 0 aromatic heterocycles. The van der Waals surface area contributed by atoms with Crippen molar-refractivity contribution in [1.29, 1.82) is 0 Å². The fraction of sp³-hybridized carbons (Fsp3) is 0.667. The first kappa shape index (κ1) is 18.2. The number of hydrogen-bond donors (Lipinski definition) is 2. The second kappa shape index (κ2) is 8.22. The maximum atomic E-state index is 11.2. The summed E-state index contributed by atoms with van der Waals surface area (Å²) in [6.07, 6.45) is 9.53. The Bertz CT molecular complexity index is 573. The zero-order chi connectivity index (χ0) is 17.7. The van der Waals surface area contributed by atoms with Gasteiger partial charge in [-0.2, -0.15) is 0 Å². The molecule has 0 aliphatic heterocycles. The summed E-state index contributed by atoms with van der Waals surface area (Å²) in [5, 5.41) is 6.92. The maximum Gasteiger partial charge on any atom is 0.217 e. The molecule has 4 heteroatoms. The molecule has 2 aliphatic rings. The Morgan fingerprint density at radius 1 is 1.12 bits per heavy atom. The first-order chi connectivity index (χ1) is 12.1. The van der Waals surface area contributed by atoms with Crippen LogP contribution in [0.25, 0.3) is 0 Å². The highest BCUT2D eigenvalue weighted by atomic mass is 16.5. The molecule has 25 heavy (non-hydrogen) atoms. The first-order valence-corrected chi connectivity index (χ1v) is 9.77. The summed E-state index contributed by atoms with van der Waals surface area (Å²) in [7, 11) is 1.78. The first-order valence-electron chi connectivity index (χ1n) is 9.77. The SMILES string of the molecule is COc1ccccc1C1(CNC2CCC(NC(C)=O)CC2)CCCC1. The van der Waals surface area contributed by atoms with Gasteiger partial charge in [0.15, 0.2) is 0 Å². The third kappa shape index (κ3) is 4.35. The molecule has 0 radical (unpaired) electrons. The van der Waals surface area contributed by atoms with Crippen molar-refractivity contribution in [2.45, 2.75) is 75.8 Å². The lowest BCUT2D eigenvalue weighted by Crippen LogP contribution is -2.45. The van der Waals surface area contributed by atoms with Gasteiger partial charge in [0, 0.05) is 36.5 Å². The van der Waals surface area contributed by atoms with Gasteiger partial charge in [0.1, 0.15) is 5.75 Å². The lowest BCUT2D eigenvalue weighted by Gasteiger charge is -2.35. The van der Waals surface area contributed by atoms with Crippen LogP contribution in [0.5, 0.6) is 5.75 Å². The van der Waals surface area contributed by atoms with E-state index in [9.17, 15) is 4.79 Å². The molecule has 0 spiro atoms. The van der Waals surface area contributed by atoms with Crippen LogP contribution in [-0.4, -0.2) is 31.6 Å². The van der Waals surface area contributed by atoms with E-state index < -0.39 is 0 Å². The Labute approximate surface area is 151 Å². The van der Waals surface area contributed by atoms with E-state index >= 15 is 0 Å². The number of amides is 1. The van der Waals surface area contributed by atoms with Crippen molar-refractivity contribution in [1.82, 2.24) is 10.6 Å². The smallest absolute Gasteiger partial charge is 0.217 e. The minimum Gasteiger partial charge on any atom is -0.496 e. The van der Waals surface area contributed by atoms with E-state index in [1.165, 1.54) is 31.2 Å². The van der Waals surface area contributed by atoms with Crippen molar-refractivity contribution >= 4 is 5.91 Å². The minimum absolute atomic E-state index is 0.0949. The fourth-order valence-electron chi connectivity index (χ4n) is 4.74. The predicted molar refractivity (Wildman–Crippen MR) is 101 cm³/mol. The third-order valence-corrected chi connectivity index (χ3v) is 6.10. The molecular formula is C21H32N2O2. The van der Waals surface area contributed by atoms with Gasteiger partial charge in [0.2, 0.25) is 5.91 Å². The molecule has 2 N–H and O–H groups in total. The Balaban J connectivity index is 1.61. The van der Waals surface area contributed by atoms with Crippen molar-refractivity contribution in [2.24, 2.45) is 0 Å². The Hall–Kier alpha value is -1.55. The number of carbonyl (C=O) groups is 1.